The van der Waals surface area contributed by atoms with E-state index in [0.29, 0.717) is 6.42 Å². The lowest BCUT2D eigenvalue weighted by atomic mass is 9.69. The van der Waals surface area contributed by atoms with Gasteiger partial charge in [0.15, 0.2) is 0 Å². The third kappa shape index (κ3) is 0.707. The molecule has 2 rings (SSSR count). The molecule has 0 aromatic heterocycles. The van der Waals surface area contributed by atoms with Gasteiger partial charge in [0.1, 0.15) is 0 Å². The summed E-state index contributed by atoms with van der Waals surface area (Å²) in [6.45, 7) is -4.50. The summed E-state index contributed by atoms with van der Waals surface area (Å²) in [6.07, 6.45) is 3.12. The lowest BCUT2D eigenvalue weighted by Gasteiger charge is -2.30. The fraction of sp³-hybridized carbons (Fsp3) is 1.00. The van der Waals surface area contributed by atoms with E-state index in [1.165, 1.54) is 0 Å². The van der Waals surface area contributed by atoms with Crippen molar-refractivity contribution in [3.8, 4) is 0 Å². The Bertz CT molecular complexity index is 159. The second-order valence-corrected chi connectivity index (χ2v) is 3.65. The molecule has 58 valence electrons. The first-order chi connectivity index (χ1) is 4.55. The van der Waals surface area contributed by atoms with Gasteiger partial charge in [-0.1, -0.05) is 36.9 Å². The molecule has 2 fully saturated rings. The van der Waals surface area contributed by atoms with Gasteiger partial charge in [0.05, 0.1) is 0 Å². The standard InChI is InChI=1S/C6H9BF3/c8-7(9,10)5-4-6(5)2-1-3-6/h5H,1-4H2/q-1. The van der Waals surface area contributed by atoms with Gasteiger partial charge in [0, 0.05) is 0 Å². The van der Waals surface area contributed by atoms with Crippen LogP contribution in [0.3, 0.4) is 0 Å². The molecule has 2 aliphatic rings. The Morgan fingerprint density at radius 2 is 1.80 bits per heavy atom. The number of hydrogen-bond donors (Lipinski definition) is 0. The smallest absolute Gasteiger partial charge is 0.449 e. The molecule has 1 atom stereocenters. The molecule has 1 unspecified atom stereocenters. The molecule has 0 saturated heterocycles. The van der Waals surface area contributed by atoms with E-state index >= 15 is 0 Å². The van der Waals surface area contributed by atoms with Gasteiger partial charge in [-0.2, -0.15) is 0 Å². The van der Waals surface area contributed by atoms with Gasteiger partial charge in [-0.3, -0.25) is 0 Å². The Labute approximate surface area is 57.9 Å². The van der Waals surface area contributed by atoms with Crippen LogP contribution in [0.25, 0.3) is 0 Å². The monoisotopic (exact) mass is 149 g/mol. The molecule has 2 aliphatic carbocycles. The van der Waals surface area contributed by atoms with Gasteiger partial charge < -0.3 is 12.9 Å². The van der Waals surface area contributed by atoms with Gasteiger partial charge in [-0.05, 0) is 0 Å². The molecular weight excluding hydrogens is 140 g/mol. The van der Waals surface area contributed by atoms with Gasteiger partial charge in [-0.25, -0.2) is 0 Å². The molecule has 0 radical (unpaired) electrons. The summed E-state index contributed by atoms with van der Waals surface area (Å²) in [5.74, 6) is -0.874. The first-order valence-corrected chi connectivity index (χ1v) is 3.75. The third-order valence-corrected chi connectivity index (χ3v) is 3.06. The molecular formula is C6H9BF3-. The van der Waals surface area contributed by atoms with Gasteiger partial charge in [-0.15, -0.1) is 0 Å². The quantitative estimate of drug-likeness (QED) is 0.502. The summed E-state index contributed by atoms with van der Waals surface area (Å²) in [6, 6.07) is 0. The lowest BCUT2D eigenvalue weighted by molar-refractivity contribution is 0.275. The average molecular weight is 149 g/mol. The average Bonchev–Trinajstić information content (AvgIpc) is 2.30. The Morgan fingerprint density at radius 3 is 1.90 bits per heavy atom. The zero-order valence-electron chi connectivity index (χ0n) is 5.62. The normalized spacial score (nSPS) is 35.7. The van der Waals surface area contributed by atoms with E-state index < -0.39 is 12.8 Å². The maximum absolute atomic E-state index is 12.0. The van der Waals surface area contributed by atoms with Crippen LogP contribution in [-0.2, 0) is 0 Å². The molecule has 4 heteroatoms. The molecule has 0 aliphatic heterocycles. The summed E-state index contributed by atoms with van der Waals surface area (Å²) in [4.78, 5) is 0. The van der Waals surface area contributed by atoms with E-state index in [1.54, 1.807) is 0 Å². The Morgan fingerprint density at radius 1 is 1.20 bits per heavy atom. The van der Waals surface area contributed by atoms with Crippen LogP contribution < -0.4 is 0 Å². The van der Waals surface area contributed by atoms with Crippen molar-refractivity contribution in [3.05, 3.63) is 0 Å². The summed E-state index contributed by atoms with van der Waals surface area (Å²) in [7, 11) is 0. The topological polar surface area (TPSA) is 0 Å². The highest BCUT2D eigenvalue weighted by Gasteiger charge is 2.63. The van der Waals surface area contributed by atoms with Crippen LogP contribution in [0.5, 0.6) is 0 Å². The van der Waals surface area contributed by atoms with Crippen molar-refractivity contribution in [2.75, 3.05) is 0 Å². The van der Waals surface area contributed by atoms with Crippen molar-refractivity contribution in [1.82, 2.24) is 0 Å². The fourth-order valence-corrected chi connectivity index (χ4v) is 2.12. The molecule has 0 heterocycles. The van der Waals surface area contributed by atoms with Crippen molar-refractivity contribution in [2.45, 2.75) is 31.5 Å². The van der Waals surface area contributed by atoms with Crippen LogP contribution in [-0.4, -0.2) is 6.98 Å². The predicted molar refractivity (Wildman–Crippen MR) is 33.7 cm³/mol. The number of rotatable bonds is 1. The molecule has 1 spiro atoms. The Hall–Kier alpha value is -0.145. The molecule has 0 aromatic carbocycles. The summed E-state index contributed by atoms with van der Waals surface area (Å²) in [5.41, 5.74) is -0.224. The minimum atomic E-state index is -4.50. The fourth-order valence-electron chi connectivity index (χ4n) is 2.12. The second-order valence-electron chi connectivity index (χ2n) is 3.65. The molecule has 0 nitrogen and oxygen atoms in total. The van der Waals surface area contributed by atoms with Crippen molar-refractivity contribution < 1.29 is 12.9 Å². The predicted octanol–water partition coefficient (Wildman–Crippen LogP) is 2.78. The molecule has 0 amide bonds. The van der Waals surface area contributed by atoms with Crippen molar-refractivity contribution in [1.29, 1.82) is 0 Å². The maximum atomic E-state index is 12.0. The summed E-state index contributed by atoms with van der Waals surface area (Å²) in [5, 5.41) is 0. The molecule has 0 N–H and O–H groups in total. The van der Waals surface area contributed by atoms with Crippen LogP contribution in [0.1, 0.15) is 25.7 Å². The molecule has 2 saturated carbocycles. The number of halogens is 3. The van der Waals surface area contributed by atoms with E-state index in [1.807, 2.05) is 0 Å². The van der Waals surface area contributed by atoms with Crippen LogP contribution >= 0.6 is 0 Å². The van der Waals surface area contributed by atoms with Crippen LogP contribution in [0, 0.1) is 5.41 Å². The molecule has 10 heavy (non-hydrogen) atoms. The maximum Gasteiger partial charge on any atom is 0.481 e. The van der Waals surface area contributed by atoms with E-state index in [9.17, 15) is 12.9 Å². The van der Waals surface area contributed by atoms with Gasteiger partial charge >= 0.3 is 6.98 Å². The van der Waals surface area contributed by atoms with Crippen molar-refractivity contribution in [2.24, 2.45) is 5.41 Å². The minimum Gasteiger partial charge on any atom is -0.449 e. The van der Waals surface area contributed by atoms with Crippen LogP contribution in [0.15, 0.2) is 0 Å². The van der Waals surface area contributed by atoms with E-state index in [0.717, 1.165) is 19.3 Å². The lowest BCUT2D eigenvalue weighted by Crippen LogP contribution is -2.23. The van der Waals surface area contributed by atoms with Crippen molar-refractivity contribution in [3.63, 3.8) is 0 Å². The minimum absolute atomic E-state index is 0.224. The zero-order valence-corrected chi connectivity index (χ0v) is 5.62. The number of hydrogen-bond acceptors (Lipinski definition) is 0. The van der Waals surface area contributed by atoms with Crippen LogP contribution in [0.2, 0.25) is 5.82 Å². The van der Waals surface area contributed by atoms with E-state index in [4.69, 9.17) is 0 Å². The first kappa shape index (κ1) is 6.56. The van der Waals surface area contributed by atoms with Crippen molar-refractivity contribution >= 4 is 6.98 Å². The SMILES string of the molecule is F[B-](F)(F)C1CC12CCC2. The largest absolute Gasteiger partial charge is 0.481 e. The Balaban J connectivity index is 2.01. The Kier molecular flexibility index (Phi) is 1.01. The van der Waals surface area contributed by atoms with Crippen LogP contribution in [0.4, 0.5) is 12.9 Å². The first-order valence-electron chi connectivity index (χ1n) is 3.75. The second kappa shape index (κ2) is 1.54. The highest BCUT2D eigenvalue weighted by atomic mass is 19.4. The van der Waals surface area contributed by atoms with Gasteiger partial charge in [0.25, 0.3) is 0 Å². The molecule has 0 aromatic rings. The summed E-state index contributed by atoms with van der Waals surface area (Å²) < 4.78 is 36.1. The summed E-state index contributed by atoms with van der Waals surface area (Å²) >= 11 is 0. The highest BCUT2D eigenvalue weighted by Crippen LogP contribution is 2.73. The van der Waals surface area contributed by atoms with Gasteiger partial charge in [0.2, 0.25) is 0 Å². The highest BCUT2D eigenvalue weighted by molar-refractivity contribution is 6.61. The van der Waals surface area contributed by atoms with E-state index in [2.05, 4.69) is 0 Å². The zero-order chi connectivity index (χ0) is 7.41. The van der Waals surface area contributed by atoms with E-state index in [-0.39, 0.29) is 5.41 Å². The third-order valence-electron chi connectivity index (χ3n) is 3.06. The molecule has 0 bridgehead atoms.